The maximum atomic E-state index is 13.1. The number of carbonyl (C=O) groups is 2. The van der Waals surface area contributed by atoms with Crippen molar-refractivity contribution >= 4 is 29.3 Å². The van der Waals surface area contributed by atoms with Crippen molar-refractivity contribution in [1.82, 2.24) is 4.90 Å². The molecule has 1 aliphatic rings. The SMILES string of the molecule is CCSC(Cc1ccc(OCC(C)N2CN(CC)c3ccc(C)cc3C2=O)cc1)C(=O)O. The molecule has 1 heterocycles. The number of fused-ring (bicyclic) bond motifs is 1. The molecule has 2 unspecified atom stereocenters. The second kappa shape index (κ2) is 10.8. The van der Waals surface area contributed by atoms with E-state index in [0.29, 0.717) is 25.4 Å². The van der Waals surface area contributed by atoms with Gasteiger partial charge >= 0.3 is 5.97 Å². The normalized spacial score (nSPS) is 15.3. The molecule has 0 radical (unpaired) electrons. The first-order chi connectivity index (χ1) is 15.3. The molecule has 172 valence electrons. The van der Waals surface area contributed by atoms with Gasteiger partial charge < -0.3 is 19.6 Å². The van der Waals surface area contributed by atoms with Crippen LogP contribution < -0.4 is 9.64 Å². The van der Waals surface area contributed by atoms with Gasteiger partial charge in [-0.1, -0.05) is 30.7 Å². The van der Waals surface area contributed by atoms with Gasteiger partial charge in [0, 0.05) is 6.54 Å². The average Bonchev–Trinajstić information content (AvgIpc) is 2.78. The molecule has 3 rings (SSSR count). The Morgan fingerprint density at radius 3 is 2.53 bits per heavy atom. The Hall–Kier alpha value is -2.67. The van der Waals surface area contributed by atoms with Gasteiger partial charge in [0.05, 0.1) is 24.0 Å². The van der Waals surface area contributed by atoms with Crippen LogP contribution in [-0.4, -0.2) is 58.7 Å². The maximum Gasteiger partial charge on any atom is 0.316 e. The zero-order chi connectivity index (χ0) is 23.3. The Kier molecular flexibility index (Phi) is 8.07. The number of aliphatic carboxylic acids is 1. The second-order valence-corrected chi connectivity index (χ2v) is 9.56. The molecule has 0 saturated heterocycles. The Morgan fingerprint density at radius 2 is 1.91 bits per heavy atom. The minimum Gasteiger partial charge on any atom is -0.491 e. The smallest absolute Gasteiger partial charge is 0.316 e. The maximum absolute atomic E-state index is 13.1. The summed E-state index contributed by atoms with van der Waals surface area (Å²) in [7, 11) is 0. The van der Waals surface area contributed by atoms with Crippen molar-refractivity contribution in [2.24, 2.45) is 0 Å². The van der Waals surface area contributed by atoms with Crippen LogP contribution in [0.4, 0.5) is 5.69 Å². The molecule has 32 heavy (non-hydrogen) atoms. The lowest BCUT2D eigenvalue weighted by molar-refractivity contribution is -0.136. The number of thioether (sulfide) groups is 1. The summed E-state index contributed by atoms with van der Waals surface area (Å²) >= 11 is 1.44. The fourth-order valence-electron chi connectivity index (χ4n) is 3.85. The van der Waals surface area contributed by atoms with Crippen LogP contribution in [0, 0.1) is 6.92 Å². The lowest BCUT2D eigenvalue weighted by Crippen LogP contribution is -2.52. The molecule has 6 nitrogen and oxygen atoms in total. The predicted octanol–water partition coefficient (Wildman–Crippen LogP) is 4.45. The van der Waals surface area contributed by atoms with E-state index in [9.17, 15) is 14.7 Å². The number of amides is 1. The monoisotopic (exact) mass is 456 g/mol. The molecule has 1 aliphatic heterocycles. The van der Waals surface area contributed by atoms with Crippen molar-refractivity contribution in [2.75, 3.05) is 30.5 Å². The molecular weight excluding hydrogens is 424 g/mol. The first-order valence-corrected chi connectivity index (χ1v) is 12.1. The number of carboxylic acids is 1. The fourth-order valence-corrected chi connectivity index (χ4v) is 4.70. The summed E-state index contributed by atoms with van der Waals surface area (Å²) in [5.74, 6) is 0.733. The van der Waals surface area contributed by atoms with Crippen LogP contribution in [0.15, 0.2) is 42.5 Å². The van der Waals surface area contributed by atoms with Crippen molar-refractivity contribution in [2.45, 2.75) is 45.4 Å². The summed E-state index contributed by atoms with van der Waals surface area (Å²) in [4.78, 5) is 28.6. The van der Waals surface area contributed by atoms with E-state index in [1.165, 1.54) is 11.8 Å². The largest absolute Gasteiger partial charge is 0.491 e. The van der Waals surface area contributed by atoms with E-state index in [4.69, 9.17) is 4.74 Å². The van der Waals surface area contributed by atoms with E-state index in [-0.39, 0.29) is 11.9 Å². The van der Waals surface area contributed by atoms with E-state index in [1.54, 1.807) is 0 Å². The zero-order valence-electron chi connectivity index (χ0n) is 19.2. The highest BCUT2D eigenvalue weighted by atomic mass is 32.2. The Bertz CT molecular complexity index is 947. The van der Waals surface area contributed by atoms with Gasteiger partial charge in [-0.05, 0) is 62.8 Å². The van der Waals surface area contributed by atoms with Crippen molar-refractivity contribution in [3.8, 4) is 5.75 Å². The molecule has 7 heteroatoms. The van der Waals surface area contributed by atoms with Crippen LogP contribution >= 0.6 is 11.8 Å². The summed E-state index contributed by atoms with van der Waals surface area (Å²) in [5.41, 5.74) is 3.77. The summed E-state index contributed by atoms with van der Waals surface area (Å²) < 4.78 is 5.97. The van der Waals surface area contributed by atoms with Gasteiger partial charge in [0.2, 0.25) is 0 Å². The average molecular weight is 457 g/mol. The third-order valence-electron chi connectivity index (χ3n) is 5.70. The molecular formula is C25H32N2O4S. The van der Waals surface area contributed by atoms with E-state index in [2.05, 4.69) is 11.8 Å². The number of hydrogen-bond donors (Lipinski definition) is 1. The highest BCUT2D eigenvalue weighted by Crippen LogP contribution is 2.29. The minimum atomic E-state index is -0.782. The number of hydrogen-bond acceptors (Lipinski definition) is 5. The van der Waals surface area contributed by atoms with Crippen molar-refractivity contribution < 1.29 is 19.4 Å². The van der Waals surface area contributed by atoms with Gasteiger partial charge in [-0.15, -0.1) is 11.8 Å². The number of carbonyl (C=O) groups excluding carboxylic acids is 1. The summed E-state index contributed by atoms with van der Waals surface area (Å²) in [6.45, 7) is 9.80. The predicted molar refractivity (Wildman–Crippen MR) is 130 cm³/mol. The second-order valence-electron chi connectivity index (χ2n) is 8.08. The van der Waals surface area contributed by atoms with E-state index in [1.807, 2.05) is 68.1 Å². The third kappa shape index (κ3) is 5.57. The highest BCUT2D eigenvalue weighted by Gasteiger charge is 2.31. The van der Waals surface area contributed by atoms with E-state index >= 15 is 0 Å². The van der Waals surface area contributed by atoms with Gasteiger partial charge in [-0.3, -0.25) is 9.59 Å². The molecule has 1 amide bonds. The van der Waals surface area contributed by atoms with Gasteiger partial charge in [0.15, 0.2) is 0 Å². The van der Waals surface area contributed by atoms with Crippen molar-refractivity contribution in [1.29, 1.82) is 0 Å². The van der Waals surface area contributed by atoms with E-state index in [0.717, 1.165) is 34.7 Å². The van der Waals surface area contributed by atoms with Crippen LogP contribution in [0.2, 0.25) is 0 Å². The van der Waals surface area contributed by atoms with Crippen LogP contribution in [0.5, 0.6) is 5.75 Å². The first-order valence-electron chi connectivity index (χ1n) is 11.1. The number of ether oxygens (including phenoxy) is 1. The number of nitrogens with zero attached hydrogens (tertiary/aromatic N) is 2. The summed E-state index contributed by atoms with van der Waals surface area (Å²) in [5, 5.41) is 8.90. The Balaban J connectivity index is 1.62. The standard InChI is InChI=1S/C25H32N2O4S/c1-5-26-16-27(24(28)21-13-17(3)7-12-22(21)26)18(4)15-31-20-10-8-19(9-11-20)14-23(25(29)30)32-6-2/h7-13,18,23H,5-6,14-16H2,1-4H3,(H,29,30). The number of carboxylic acid groups (broad SMARTS) is 1. The lowest BCUT2D eigenvalue weighted by Gasteiger charge is -2.40. The van der Waals surface area contributed by atoms with Crippen molar-refractivity contribution in [3.63, 3.8) is 0 Å². The van der Waals surface area contributed by atoms with Gasteiger partial charge in [0.25, 0.3) is 5.91 Å². The Labute approximate surface area is 194 Å². The number of aryl methyl sites for hydroxylation is 1. The van der Waals surface area contributed by atoms with Gasteiger partial charge in [-0.25, -0.2) is 0 Å². The molecule has 0 aliphatic carbocycles. The molecule has 0 bridgehead atoms. The first kappa shape index (κ1) is 24.0. The van der Waals surface area contributed by atoms with Gasteiger partial charge in [-0.2, -0.15) is 0 Å². The molecule has 2 atom stereocenters. The quantitative estimate of drug-likeness (QED) is 0.570. The molecule has 2 aromatic rings. The molecule has 0 spiro atoms. The molecule has 2 aromatic carbocycles. The van der Waals surface area contributed by atoms with Gasteiger partial charge in [0.1, 0.15) is 17.6 Å². The summed E-state index contributed by atoms with van der Waals surface area (Å²) in [6, 6.07) is 13.5. The molecule has 0 saturated carbocycles. The zero-order valence-corrected chi connectivity index (χ0v) is 20.0. The van der Waals surface area contributed by atoms with E-state index < -0.39 is 11.2 Å². The minimum absolute atomic E-state index is 0.0352. The molecule has 1 N–H and O–H groups in total. The van der Waals surface area contributed by atoms with Crippen LogP contribution in [-0.2, 0) is 11.2 Å². The van der Waals surface area contributed by atoms with Crippen LogP contribution in [0.1, 0.15) is 42.3 Å². The lowest BCUT2D eigenvalue weighted by atomic mass is 10.0. The third-order valence-corrected chi connectivity index (χ3v) is 6.80. The topological polar surface area (TPSA) is 70.1 Å². The molecule has 0 aromatic heterocycles. The number of anilines is 1. The highest BCUT2D eigenvalue weighted by molar-refractivity contribution is 8.00. The van der Waals surface area contributed by atoms with Crippen LogP contribution in [0.25, 0.3) is 0 Å². The number of benzene rings is 2. The molecule has 0 fully saturated rings. The van der Waals surface area contributed by atoms with Crippen molar-refractivity contribution in [3.05, 3.63) is 59.2 Å². The Morgan fingerprint density at radius 1 is 1.19 bits per heavy atom. The summed E-state index contributed by atoms with van der Waals surface area (Å²) in [6.07, 6.45) is 0.485. The fraction of sp³-hybridized carbons (Fsp3) is 0.440. The number of rotatable bonds is 10. The van der Waals surface area contributed by atoms with Crippen LogP contribution in [0.3, 0.4) is 0 Å².